The number of hydrogen-bond acceptors (Lipinski definition) is 6. The Hall–Kier alpha value is -2.48. The lowest BCUT2D eigenvalue weighted by Gasteiger charge is -2.31. The summed E-state index contributed by atoms with van der Waals surface area (Å²) >= 11 is 0. The molecule has 0 amide bonds. The van der Waals surface area contributed by atoms with Crippen molar-refractivity contribution in [3.05, 3.63) is 77.1 Å². The van der Waals surface area contributed by atoms with Gasteiger partial charge >= 0.3 is 0 Å². The van der Waals surface area contributed by atoms with E-state index in [1.54, 1.807) is 24.3 Å². The van der Waals surface area contributed by atoms with Crippen LogP contribution in [-0.2, 0) is 35.4 Å². The first kappa shape index (κ1) is 23.3. The first-order valence-corrected chi connectivity index (χ1v) is 13.2. The first-order valence-electron chi connectivity index (χ1n) is 11.7. The molecule has 0 unspecified atom stereocenters. The van der Waals surface area contributed by atoms with E-state index in [1.165, 1.54) is 0 Å². The van der Waals surface area contributed by atoms with Crippen LogP contribution in [0.2, 0.25) is 0 Å². The van der Waals surface area contributed by atoms with Gasteiger partial charge in [0.15, 0.2) is 15.6 Å². The third kappa shape index (κ3) is 4.21. The van der Waals surface area contributed by atoms with E-state index < -0.39 is 33.4 Å². The fraction of sp³-hybridized carbons (Fsp3) is 0.444. The topological polar surface area (TPSA) is 78.9 Å². The van der Waals surface area contributed by atoms with Gasteiger partial charge in [-0.3, -0.25) is 4.79 Å². The number of hydrogen-bond donors (Lipinski definition) is 0. The summed E-state index contributed by atoms with van der Waals surface area (Å²) in [5.41, 5.74) is 2.24. The van der Waals surface area contributed by atoms with E-state index in [9.17, 15) is 13.2 Å². The number of fused-ring (bicyclic) bond motifs is 2. The lowest BCUT2D eigenvalue weighted by atomic mass is 9.74. The molecule has 1 aliphatic carbocycles. The van der Waals surface area contributed by atoms with Crippen molar-refractivity contribution < 1.29 is 27.4 Å². The van der Waals surface area contributed by atoms with Crippen molar-refractivity contribution in [1.82, 2.24) is 0 Å². The minimum atomic E-state index is -3.83. The molecule has 2 aliphatic heterocycles. The minimum absolute atomic E-state index is 0.0442. The second-order valence-electron chi connectivity index (χ2n) is 10.3. The molecule has 3 aliphatic rings. The van der Waals surface area contributed by atoms with E-state index >= 15 is 0 Å². The van der Waals surface area contributed by atoms with Crippen LogP contribution in [0.3, 0.4) is 0 Å². The van der Waals surface area contributed by atoms with Crippen molar-refractivity contribution in [3.63, 3.8) is 0 Å². The Labute approximate surface area is 200 Å². The Kier molecular flexibility index (Phi) is 5.91. The van der Waals surface area contributed by atoms with E-state index in [0.29, 0.717) is 30.8 Å². The van der Waals surface area contributed by atoms with Gasteiger partial charge in [-0.25, -0.2) is 8.42 Å². The van der Waals surface area contributed by atoms with Crippen LogP contribution in [0.1, 0.15) is 37.8 Å². The largest absolute Gasteiger partial charge is 0.468 e. The Morgan fingerprint density at radius 1 is 1.03 bits per heavy atom. The molecule has 7 heteroatoms. The molecule has 34 heavy (non-hydrogen) atoms. The lowest BCUT2D eigenvalue weighted by Crippen LogP contribution is -2.40. The second-order valence-corrected chi connectivity index (χ2v) is 12.4. The first-order chi connectivity index (χ1) is 16.2. The van der Waals surface area contributed by atoms with Crippen LogP contribution in [0.15, 0.2) is 70.8 Å². The molecule has 180 valence electrons. The number of ether oxygens (including phenoxy) is 3. The number of sulfone groups is 1. The van der Waals surface area contributed by atoms with Gasteiger partial charge in [-0.2, -0.15) is 0 Å². The third-order valence-corrected chi connectivity index (χ3v) is 9.14. The summed E-state index contributed by atoms with van der Waals surface area (Å²) in [6, 6.07) is 16.5. The second kappa shape index (κ2) is 8.63. The fourth-order valence-corrected chi connectivity index (χ4v) is 7.32. The van der Waals surface area contributed by atoms with Crippen molar-refractivity contribution in [1.29, 1.82) is 0 Å². The summed E-state index contributed by atoms with van der Waals surface area (Å²) < 4.78 is 46.0. The number of aryl methyl sites for hydroxylation is 1. The van der Waals surface area contributed by atoms with E-state index in [4.69, 9.17) is 14.2 Å². The highest BCUT2D eigenvalue weighted by Gasteiger charge is 2.60. The van der Waals surface area contributed by atoms with Crippen molar-refractivity contribution in [3.8, 4) is 0 Å². The predicted molar refractivity (Wildman–Crippen MR) is 127 cm³/mol. The van der Waals surface area contributed by atoms with Crippen LogP contribution in [0, 0.1) is 18.3 Å². The van der Waals surface area contributed by atoms with Gasteiger partial charge in [0.25, 0.3) is 0 Å². The molecule has 0 radical (unpaired) electrons. The quantitative estimate of drug-likeness (QED) is 0.609. The summed E-state index contributed by atoms with van der Waals surface area (Å²) in [5, 5.41) is -0.964. The molecular formula is C27H30O6S. The van der Waals surface area contributed by atoms with Crippen molar-refractivity contribution in [2.75, 3.05) is 6.61 Å². The predicted octanol–water partition coefficient (Wildman–Crippen LogP) is 4.37. The molecule has 1 fully saturated rings. The highest BCUT2D eigenvalue weighted by Crippen LogP contribution is 2.52. The number of carbonyl (C=O) groups is 1. The summed E-state index contributed by atoms with van der Waals surface area (Å²) in [6.07, 6.45) is -0.581. The average molecular weight is 483 g/mol. The molecule has 0 saturated carbocycles. The van der Waals surface area contributed by atoms with Gasteiger partial charge in [-0.15, -0.1) is 0 Å². The van der Waals surface area contributed by atoms with Gasteiger partial charge in [0.05, 0.1) is 24.0 Å². The Morgan fingerprint density at radius 3 is 2.44 bits per heavy atom. The van der Waals surface area contributed by atoms with Crippen molar-refractivity contribution >= 4 is 15.6 Å². The molecule has 2 aromatic rings. The molecule has 0 aromatic heterocycles. The SMILES string of the molecule is Cc1ccc(S(=O)(=O)[C@H]2[C@@H]3C4=C(CC(C)(C)CC4=O)O[C@@H]3O[C@@H]2COCc2ccccc2)cc1. The maximum absolute atomic E-state index is 13.9. The fourth-order valence-electron chi connectivity index (χ4n) is 5.30. The van der Waals surface area contributed by atoms with Crippen molar-refractivity contribution in [2.45, 2.75) is 62.8 Å². The maximum Gasteiger partial charge on any atom is 0.208 e. The third-order valence-electron chi connectivity index (χ3n) is 6.89. The Morgan fingerprint density at radius 2 is 1.74 bits per heavy atom. The number of allylic oxidation sites excluding steroid dienone is 1. The van der Waals surface area contributed by atoms with Gasteiger partial charge < -0.3 is 14.2 Å². The summed E-state index contributed by atoms with van der Waals surface area (Å²) in [4.78, 5) is 13.4. The zero-order valence-corrected chi connectivity index (χ0v) is 20.5. The summed E-state index contributed by atoms with van der Waals surface area (Å²) in [5.74, 6) is -0.114. The number of benzene rings is 2. The highest BCUT2D eigenvalue weighted by molar-refractivity contribution is 7.92. The molecule has 4 atom stereocenters. The highest BCUT2D eigenvalue weighted by atomic mass is 32.2. The van der Waals surface area contributed by atoms with E-state index in [0.717, 1.165) is 11.1 Å². The molecule has 2 heterocycles. The van der Waals surface area contributed by atoms with Gasteiger partial charge in [0, 0.05) is 18.4 Å². The van der Waals surface area contributed by atoms with Crippen LogP contribution in [-0.4, -0.2) is 38.5 Å². The minimum Gasteiger partial charge on any atom is -0.468 e. The molecule has 6 nitrogen and oxygen atoms in total. The molecule has 1 saturated heterocycles. The molecule has 0 N–H and O–H groups in total. The molecular weight excluding hydrogens is 452 g/mol. The molecule has 0 spiro atoms. The number of ketones is 1. The van der Waals surface area contributed by atoms with Crippen LogP contribution in [0.5, 0.6) is 0 Å². The van der Waals surface area contributed by atoms with Crippen LogP contribution < -0.4 is 0 Å². The van der Waals surface area contributed by atoms with Gasteiger partial charge in [0.1, 0.15) is 17.1 Å². The smallest absolute Gasteiger partial charge is 0.208 e. The van der Waals surface area contributed by atoms with E-state index in [1.807, 2.05) is 51.1 Å². The summed E-state index contributed by atoms with van der Waals surface area (Å²) in [6.45, 7) is 6.38. The Bertz CT molecular complexity index is 1210. The zero-order chi connectivity index (χ0) is 24.1. The molecule has 5 rings (SSSR count). The van der Waals surface area contributed by atoms with Gasteiger partial charge in [-0.1, -0.05) is 61.9 Å². The molecule has 2 aromatic carbocycles. The maximum atomic E-state index is 13.9. The van der Waals surface area contributed by atoms with Crippen LogP contribution in [0.4, 0.5) is 0 Å². The Balaban J connectivity index is 1.47. The zero-order valence-electron chi connectivity index (χ0n) is 19.7. The molecule has 0 bridgehead atoms. The number of carbonyl (C=O) groups excluding carboxylic acids is 1. The summed E-state index contributed by atoms with van der Waals surface area (Å²) in [7, 11) is -3.83. The normalized spacial score (nSPS) is 27.9. The standard InChI is InChI=1S/C27H30O6S/c1-17-9-11-19(12-10-17)34(29,30)25-22(16-31-15-18-7-5-4-6-8-18)33-26-24(25)23-20(28)13-27(2,3)14-21(23)32-26/h4-12,22,24-26H,13-16H2,1-3H3/t22-,24+,25-,26-/m1/s1. The van der Waals surface area contributed by atoms with Crippen LogP contribution >= 0.6 is 0 Å². The van der Waals surface area contributed by atoms with Crippen molar-refractivity contribution in [2.24, 2.45) is 11.3 Å². The van der Waals surface area contributed by atoms with Gasteiger partial charge in [-0.05, 0) is 30.0 Å². The number of rotatable bonds is 6. The average Bonchev–Trinajstić information content (AvgIpc) is 3.28. The number of Topliss-reactive ketones (excluding diaryl/α,β-unsaturated/α-hetero) is 1. The van der Waals surface area contributed by atoms with E-state index in [2.05, 4.69) is 0 Å². The lowest BCUT2D eigenvalue weighted by molar-refractivity contribution is -0.124. The van der Waals surface area contributed by atoms with E-state index in [-0.39, 0.29) is 22.7 Å². The van der Waals surface area contributed by atoms with Gasteiger partial charge in [0.2, 0.25) is 6.29 Å². The monoisotopic (exact) mass is 482 g/mol. The van der Waals surface area contributed by atoms with Crippen LogP contribution in [0.25, 0.3) is 0 Å².